The van der Waals surface area contributed by atoms with E-state index in [1.165, 1.54) is 18.7 Å². The number of thioether (sulfide) groups is 1. The van der Waals surface area contributed by atoms with E-state index in [2.05, 4.69) is 31.9 Å². The van der Waals surface area contributed by atoms with Gasteiger partial charge in [0.1, 0.15) is 30.2 Å². The lowest BCUT2D eigenvalue weighted by molar-refractivity contribution is -0.142. The van der Waals surface area contributed by atoms with E-state index in [1.807, 2.05) is 34.0 Å². The van der Waals surface area contributed by atoms with Crippen LogP contribution in [0.2, 0.25) is 0 Å². The molecule has 264 valence electrons. The lowest BCUT2D eigenvalue weighted by Gasteiger charge is -2.29. The smallest absolute Gasteiger partial charge is 0.326 e. The van der Waals surface area contributed by atoms with E-state index < -0.39 is 78.2 Å². The fourth-order valence-electron chi connectivity index (χ4n) is 4.28. The predicted octanol–water partition coefficient (Wildman–Crippen LogP) is -0.519. The zero-order valence-corrected chi connectivity index (χ0v) is 29.2. The van der Waals surface area contributed by atoms with Crippen molar-refractivity contribution >= 4 is 53.2 Å². The molecule has 46 heavy (non-hydrogen) atoms. The first-order valence-corrected chi connectivity index (χ1v) is 17.1. The van der Waals surface area contributed by atoms with Crippen LogP contribution in [-0.4, -0.2) is 102 Å². The molecule has 0 radical (unpaired) electrons. The molecule has 0 rings (SSSR count). The third-order valence-corrected chi connectivity index (χ3v) is 8.19. The fourth-order valence-corrected chi connectivity index (χ4v) is 4.75. The van der Waals surface area contributed by atoms with Gasteiger partial charge in [-0.25, -0.2) is 4.79 Å². The normalized spacial score (nSPS) is 15.6. The van der Waals surface area contributed by atoms with Crippen molar-refractivity contribution in [1.82, 2.24) is 31.9 Å². The van der Waals surface area contributed by atoms with Crippen LogP contribution in [0.4, 0.5) is 0 Å². The highest BCUT2D eigenvalue weighted by Crippen LogP contribution is 2.13. The number of nitrogens with two attached hydrogens (primary N) is 1. The highest BCUT2D eigenvalue weighted by atomic mass is 32.2. The summed E-state index contributed by atoms with van der Waals surface area (Å²) >= 11 is 1.45. The van der Waals surface area contributed by atoms with Gasteiger partial charge in [0.15, 0.2) is 0 Å². The summed E-state index contributed by atoms with van der Waals surface area (Å²) in [5.41, 5.74) is 5.30. The first-order valence-electron chi connectivity index (χ1n) is 15.7. The van der Waals surface area contributed by atoms with E-state index in [9.17, 15) is 38.7 Å². The van der Waals surface area contributed by atoms with Crippen molar-refractivity contribution in [3.63, 3.8) is 0 Å². The maximum atomic E-state index is 13.4. The van der Waals surface area contributed by atoms with Crippen molar-refractivity contribution in [2.24, 2.45) is 23.5 Å². The summed E-state index contributed by atoms with van der Waals surface area (Å²) in [4.78, 5) is 88.4. The number of rotatable bonds is 22. The molecule has 6 amide bonds. The number of nitrogens with one attached hydrogen (secondary N) is 6. The van der Waals surface area contributed by atoms with Gasteiger partial charge in [-0.05, 0) is 49.5 Å². The number of hydrogen-bond donors (Lipinski definition) is 8. The second-order valence-electron chi connectivity index (χ2n) is 11.9. The van der Waals surface area contributed by atoms with Crippen molar-refractivity contribution in [1.29, 1.82) is 0 Å². The van der Waals surface area contributed by atoms with Crippen LogP contribution in [0.15, 0.2) is 0 Å². The Kier molecular flexibility index (Phi) is 20.5. The zero-order chi connectivity index (χ0) is 35.6. The summed E-state index contributed by atoms with van der Waals surface area (Å²) in [6, 6.07) is -5.15. The van der Waals surface area contributed by atoms with E-state index in [0.29, 0.717) is 18.6 Å². The molecule has 7 atom stereocenters. The Labute approximate surface area is 276 Å². The molecule has 0 bridgehead atoms. The zero-order valence-electron chi connectivity index (χ0n) is 28.4. The molecule has 0 fully saturated rings. The predicted molar refractivity (Wildman–Crippen MR) is 176 cm³/mol. The number of carboxylic acids is 1. The van der Waals surface area contributed by atoms with Gasteiger partial charge in [0, 0.05) is 0 Å². The second kappa shape index (κ2) is 22.2. The molecule has 0 heterocycles. The van der Waals surface area contributed by atoms with Crippen molar-refractivity contribution in [3.05, 3.63) is 0 Å². The minimum absolute atomic E-state index is 0.0102. The third kappa shape index (κ3) is 15.7. The van der Waals surface area contributed by atoms with Gasteiger partial charge in [0.2, 0.25) is 35.4 Å². The van der Waals surface area contributed by atoms with E-state index in [0.717, 1.165) is 0 Å². The summed E-state index contributed by atoms with van der Waals surface area (Å²) in [7, 11) is 0. The molecule has 0 aliphatic rings. The van der Waals surface area contributed by atoms with Crippen molar-refractivity contribution in [2.45, 2.75) is 104 Å². The van der Waals surface area contributed by atoms with Crippen LogP contribution in [-0.2, 0) is 33.6 Å². The molecule has 0 unspecified atom stereocenters. The van der Waals surface area contributed by atoms with Gasteiger partial charge in [-0.3, -0.25) is 28.8 Å². The molecule has 0 saturated heterocycles. The van der Waals surface area contributed by atoms with Gasteiger partial charge >= 0.3 is 5.97 Å². The van der Waals surface area contributed by atoms with Crippen molar-refractivity contribution in [3.8, 4) is 0 Å². The van der Waals surface area contributed by atoms with E-state index in [-0.39, 0.29) is 37.1 Å². The van der Waals surface area contributed by atoms with Gasteiger partial charge in [-0.2, -0.15) is 11.8 Å². The van der Waals surface area contributed by atoms with Gasteiger partial charge in [-0.1, -0.05) is 54.4 Å². The first-order chi connectivity index (χ1) is 21.5. The van der Waals surface area contributed by atoms with Gasteiger partial charge in [-0.15, -0.1) is 0 Å². The Hall–Kier alpha value is -3.40. The monoisotopic (exact) mass is 673 g/mol. The summed E-state index contributed by atoms with van der Waals surface area (Å²) in [6.07, 6.45) is 3.31. The molecule has 0 aliphatic heterocycles. The Morgan fingerprint density at radius 1 is 0.696 bits per heavy atom. The Balaban J connectivity index is 5.61. The van der Waals surface area contributed by atoms with Crippen LogP contribution < -0.4 is 37.6 Å². The highest BCUT2D eigenvalue weighted by Gasteiger charge is 2.33. The standard InChI is InChI=1S/C30H55N7O8S/c1-9-17(5)24(37-29(43)25(18(6)10-2)36-26(40)19(7)33-22(38)14-31)28(42)32-15-23(39)34-21(13-16(3)4)27(41)35-20(30(44)45)11-12-46-8/h16-21,24-25H,9-15,31H2,1-8H3,(H,32,42)(H,33,38)(H,34,39)(H,35,41)(H,36,40)(H,37,43)(H,44,45)/t17-,18-,19-,20-,21-,24-,25-/m0/s1. The molecule has 9 N–H and O–H groups in total. The quantitative estimate of drug-likeness (QED) is 0.0732. The lowest BCUT2D eigenvalue weighted by Crippen LogP contribution is -2.60. The summed E-state index contributed by atoms with van der Waals surface area (Å²) in [5, 5.41) is 24.9. The van der Waals surface area contributed by atoms with Gasteiger partial charge in [0.05, 0.1) is 13.1 Å². The number of carbonyl (C=O) groups excluding carboxylic acids is 6. The van der Waals surface area contributed by atoms with Gasteiger partial charge in [0.25, 0.3) is 0 Å². The summed E-state index contributed by atoms with van der Waals surface area (Å²) in [5.74, 6) is -5.01. The maximum absolute atomic E-state index is 13.4. The fraction of sp³-hybridized carbons (Fsp3) is 0.767. The molecule has 15 nitrogen and oxygen atoms in total. The van der Waals surface area contributed by atoms with Crippen molar-refractivity contribution < 1.29 is 38.7 Å². The van der Waals surface area contributed by atoms with Crippen LogP contribution in [0.25, 0.3) is 0 Å². The topological polar surface area (TPSA) is 238 Å². The highest BCUT2D eigenvalue weighted by molar-refractivity contribution is 7.98. The molecule has 0 aromatic carbocycles. The lowest BCUT2D eigenvalue weighted by atomic mass is 9.94. The minimum atomic E-state index is -1.18. The number of aliphatic carboxylic acids is 1. The van der Waals surface area contributed by atoms with Gasteiger partial charge < -0.3 is 42.7 Å². The Bertz CT molecular complexity index is 1040. The molecule has 16 heteroatoms. The number of amides is 6. The molecular formula is C30H55N7O8S. The Morgan fingerprint density at radius 2 is 1.24 bits per heavy atom. The summed E-state index contributed by atoms with van der Waals surface area (Å²) in [6.45, 7) is 11.6. The molecular weight excluding hydrogens is 618 g/mol. The summed E-state index contributed by atoms with van der Waals surface area (Å²) < 4.78 is 0. The molecule has 0 saturated carbocycles. The number of carbonyl (C=O) groups is 7. The van der Waals surface area contributed by atoms with Crippen LogP contribution in [0, 0.1) is 17.8 Å². The number of carboxylic acid groups (broad SMARTS) is 1. The van der Waals surface area contributed by atoms with Crippen LogP contribution >= 0.6 is 11.8 Å². The average Bonchev–Trinajstić information content (AvgIpc) is 3.01. The minimum Gasteiger partial charge on any atom is -0.480 e. The first kappa shape index (κ1) is 42.6. The largest absolute Gasteiger partial charge is 0.480 e. The molecule has 0 aromatic rings. The van der Waals surface area contributed by atoms with Crippen LogP contribution in [0.1, 0.15) is 74.1 Å². The molecule has 0 spiro atoms. The van der Waals surface area contributed by atoms with Crippen molar-refractivity contribution in [2.75, 3.05) is 25.1 Å². The maximum Gasteiger partial charge on any atom is 0.326 e. The number of hydrogen-bond acceptors (Lipinski definition) is 9. The van der Waals surface area contributed by atoms with Crippen LogP contribution in [0.3, 0.4) is 0 Å². The SMILES string of the molecule is CC[C@H](C)[C@H](NC(=O)[C@H](C)NC(=O)CN)C(=O)N[C@H](C(=O)NCC(=O)N[C@@H](CC(C)C)C(=O)N[C@@H](CCSC)C(=O)O)[C@@H](C)CC. The third-order valence-electron chi connectivity index (χ3n) is 7.55. The second-order valence-corrected chi connectivity index (χ2v) is 12.9. The van der Waals surface area contributed by atoms with E-state index >= 15 is 0 Å². The average molecular weight is 674 g/mol. The van der Waals surface area contributed by atoms with E-state index in [4.69, 9.17) is 5.73 Å². The van der Waals surface area contributed by atoms with E-state index in [1.54, 1.807) is 13.8 Å². The van der Waals surface area contributed by atoms with Crippen LogP contribution in [0.5, 0.6) is 0 Å². The molecule has 0 aromatic heterocycles. The Morgan fingerprint density at radius 3 is 1.72 bits per heavy atom. The molecule has 0 aliphatic carbocycles.